The molecule has 30 heavy (non-hydrogen) atoms. The van der Waals surface area contributed by atoms with E-state index in [1.807, 2.05) is 36.4 Å². The lowest BCUT2D eigenvalue weighted by molar-refractivity contribution is -0.162. The molecule has 8 nitrogen and oxygen atoms in total. The van der Waals surface area contributed by atoms with Gasteiger partial charge < -0.3 is 26.0 Å². The fourth-order valence-corrected chi connectivity index (χ4v) is 2.70. The number of esters is 2. The minimum absolute atomic E-state index is 0.0861. The lowest BCUT2D eigenvalue weighted by Gasteiger charge is -2.23. The zero-order valence-electron chi connectivity index (χ0n) is 16.5. The number of carbonyl (C=O) groups excluding carboxylic acids is 2. The van der Waals surface area contributed by atoms with E-state index in [-0.39, 0.29) is 32.5 Å². The zero-order chi connectivity index (χ0) is 22.0. The quantitative estimate of drug-likeness (QED) is 0.373. The van der Waals surface area contributed by atoms with E-state index >= 15 is 0 Å². The summed E-state index contributed by atoms with van der Waals surface area (Å²) in [5.74, 6) is -3.15. The SMILES string of the molecule is NC(CCC[C@](N)(C(=O)O)C(=O)OCc1ccccc1)C(=O)OCc1ccccc1. The molecular weight excluding hydrogens is 388 g/mol. The van der Waals surface area contributed by atoms with Gasteiger partial charge in [0.15, 0.2) is 0 Å². The highest BCUT2D eigenvalue weighted by atomic mass is 16.5. The molecule has 0 amide bonds. The summed E-state index contributed by atoms with van der Waals surface area (Å²) in [5.41, 5.74) is 10.9. The van der Waals surface area contributed by atoms with Gasteiger partial charge in [-0.05, 0) is 30.4 Å². The van der Waals surface area contributed by atoms with Crippen LogP contribution in [0.1, 0.15) is 30.4 Å². The molecule has 0 aliphatic heterocycles. The second kappa shape index (κ2) is 11.1. The Morgan fingerprint density at radius 1 is 0.900 bits per heavy atom. The van der Waals surface area contributed by atoms with Crippen LogP contribution in [0.2, 0.25) is 0 Å². The number of carbonyl (C=O) groups is 3. The van der Waals surface area contributed by atoms with Gasteiger partial charge in [0.2, 0.25) is 5.54 Å². The Morgan fingerprint density at radius 2 is 1.40 bits per heavy atom. The summed E-state index contributed by atoms with van der Waals surface area (Å²) in [4.78, 5) is 35.9. The molecule has 0 bridgehead atoms. The largest absolute Gasteiger partial charge is 0.479 e. The normalized spacial score (nSPS) is 13.7. The highest BCUT2D eigenvalue weighted by molar-refractivity contribution is 6.03. The second-order valence-electron chi connectivity index (χ2n) is 6.93. The Morgan fingerprint density at radius 3 is 1.90 bits per heavy atom. The minimum atomic E-state index is -2.22. The smallest absolute Gasteiger partial charge is 0.338 e. The average molecular weight is 414 g/mol. The van der Waals surface area contributed by atoms with Gasteiger partial charge in [0.25, 0.3) is 0 Å². The summed E-state index contributed by atoms with van der Waals surface area (Å²) < 4.78 is 10.2. The molecule has 2 aromatic rings. The standard InChI is InChI=1S/C22H26N2O6/c23-18(19(25)29-14-16-8-3-1-4-9-16)12-7-13-22(24,20(26)27)21(28)30-15-17-10-5-2-6-11-17/h1-6,8-11,18H,7,12-15,23-24H2,(H,26,27)/t18?,22-/m0/s1. The van der Waals surface area contributed by atoms with Gasteiger partial charge in [0.05, 0.1) is 0 Å². The summed E-state index contributed by atoms with van der Waals surface area (Å²) >= 11 is 0. The number of nitrogens with two attached hydrogens (primary N) is 2. The Bertz CT molecular complexity index is 843. The number of hydrogen-bond donors (Lipinski definition) is 3. The van der Waals surface area contributed by atoms with Crippen LogP contribution in [-0.2, 0) is 37.1 Å². The predicted molar refractivity (Wildman–Crippen MR) is 109 cm³/mol. The van der Waals surface area contributed by atoms with Crippen molar-refractivity contribution in [1.29, 1.82) is 0 Å². The van der Waals surface area contributed by atoms with Gasteiger partial charge in [-0.3, -0.25) is 4.79 Å². The van der Waals surface area contributed by atoms with Crippen LogP contribution in [0.15, 0.2) is 60.7 Å². The van der Waals surface area contributed by atoms with Crippen molar-refractivity contribution in [2.75, 3.05) is 0 Å². The molecule has 0 aliphatic rings. The molecule has 1 unspecified atom stereocenters. The van der Waals surface area contributed by atoms with Crippen LogP contribution in [0.5, 0.6) is 0 Å². The third-order valence-corrected chi connectivity index (χ3v) is 4.57. The van der Waals surface area contributed by atoms with Crippen LogP contribution in [0, 0.1) is 0 Å². The van der Waals surface area contributed by atoms with Gasteiger partial charge in [0.1, 0.15) is 19.3 Å². The monoisotopic (exact) mass is 414 g/mol. The van der Waals surface area contributed by atoms with Gasteiger partial charge in [-0.15, -0.1) is 0 Å². The third-order valence-electron chi connectivity index (χ3n) is 4.57. The van der Waals surface area contributed by atoms with Gasteiger partial charge in [0, 0.05) is 0 Å². The van der Waals surface area contributed by atoms with Gasteiger partial charge in [-0.2, -0.15) is 0 Å². The highest BCUT2D eigenvalue weighted by Gasteiger charge is 2.43. The maximum Gasteiger partial charge on any atom is 0.338 e. The van der Waals surface area contributed by atoms with Crippen LogP contribution >= 0.6 is 0 Å². The highest BCUT2D eigenvalue weighted by Crippen LogP contribution is 2.17. The van der Waals surface area contributed by atoms with Gasteiger partial charge in [-0.25, -0.2) is 9.59 Å². The van der Waals surface area contributed by atoms with Crippen LogP contribution in [0.4, 0.5) is 0 Å². The van der Waals surface area contributed by atoms with Crippen molar-refractivity contribution in [1.82, 2.24) is 0 Å². The molecule has 0 heterocycles. The number of benzene rings is 2. The van der Waals surface area contributed by atoms with E-state index in [1.54, 1.807) is 24.3 Å². The summed E-state index contributed by atoms with van der Waals surface area (Å²) in [6.07, 6.45) is 0.0201. The van der Waals surface area contributed by atoms with Crippen LogP contribution in [0.25, 0.3) is 0 Å². The Hall–Kier alpha value is -3.23. The first-order valence-electron chi connectivity index (χ1n) is 9.52. The van der Waals surface area contributed by atoms with E-state index in [0.717, 1.165) is 5.56 Å². The molecule has 0 aromatic heterocycles. The van der Waals surface area contributed by atoms with Gasteiger partial charge >= 0.3 is 17.9 Å². The molecule has 2 rings (SSSR count). The number of ether oxygens (including phenoxy) is 2. The van der Waals surface area contributed by atoms with Crippen LogP contribution in [0.3, 0.4) is 0 Å². The van der Waals surface area contributed by atoms with E-state index in [1.165, 1.54) is 0 Å². The van der Waals surface area contributed by atoms with Crippen LogP contribution in [-0.4, -0.2) is 34.6 Å². The molecule has 5 N–H and O–H groups in total. The topological polar surface area (TPSA) is 142 Å². The fourth-order valence-electron chi connectivity index (χ4n) is 2.70. The van der Waals surface area contributed by atoms with Crippen molar-refractivity contribution in [3.05, 3.63) is 71.8 Å². The lowest BCUT2D eigenvalue weighted by Crippen LogP contribution is -2.55. The average Bonchev–Trinajstić information content (AvgIpc) is 2.76. The first-order chi connectivity index (χ1) is 14.3. The molecule has 0 saturated carbocycles. The number of rotatable bonds is 11. The molecule has 2 atom stereocenters. The summed E-state index contributed by atoms with van der Waals surface area (Å²) in [7, 11) is 0. The Balaban J connectivity index is 1.81. The van der Waals surface area contributed by atoms with E-state index < -0.39 is 29.5 Å². The van der Waals surface area contributed by atoms with Crippen LogP contribution < -0.4 is 11.5 Å². The van der Waals surface area contributed by atoms with Crippen molar-refractivity contribution in [3.63, 3.8) is 0 Å². The number of aliphatic carboxylic acids is 1. The van der Waals surface area contributed by atoms with Crippen molar-refractivity contribution < 1.29 is 29.0 Å². The van der Waals surface area contributed by atoms with Crippen molar-refractivity contribution in [2.24, 2.45) is 11.5 Å². The molecule has 0 fully saturated rings. The Labute approximate surface area is 174 Å². The second-order valence-corrected chi connectivity index (χ2v) is 6.93. The third kappa shape index (κ3) is 6.68. The molecule has 0 spiro atoms. The molecule has 0 aliphatic carbocycles. The fraction of sp³-hybridized carbons (Fsp3) is 0.318. The molecule has 0 radical (unpaired) electrons. The van der Waals surface area contributed by atoms with E-state index in [9.17, 15) is 19.5 Å². The van der Waals surface area contributed by atoms with Crippen molar-refractivity contribution in [3.8, 4) is 0 Å². The van der Waals surface area contributed by atoms with Crippen molar-refractivity contribution in [2.45, 2.75) is 44.1 Å². The first-order valence-corrected chi connectivity index (χ1v) is 9.52. The zero-order valence-corrected chi connectivity index (χ0v) is 16.5. The lowest BCUT2D eigenvalue weighted by atomic mass is 9.92. The number of hydrogen-bond acceptors (Lipinski definition) is 7. The minimum Gasteiger partial charge on any atom is -0.479 e. The number of carboxylic acids is 1. The van der Waals surface area contributed by atoms with E-state index in [4.69, 9.17) is 20.9 Å². The summed E-state index contributed by atoms with van der Waals surface area (Å²) in [5, 5.41) is 9.44. The Kier molecular flexibility index (Phi) is 8.52. The predicted octanol–water partition coefficient (Wildman–Crippen LogP) is 1.75. The number of carboxylic acid groups (broad SMARTS) is 1. The first kappa shape index (κ1) is 23.1. The molecule has 8 heteroatoms. The summed E-state index contributed by atoms with van der Waals surface area (Å²) in [6.45, 7) is 0.00632. The van der Waals surface area contributed by atoms with Crippen molar-refractivity contribution >= 4 is 17.9 Å². The molecule has 160 valence electrons. The van der Waals surface area contributed by atoms with Gasteiger partial charge in [-0.1, -0.05) is 60.7 Å². The maximum absolute atomic E-state index is 12.3. The molecule has 2 aromatic carbocycles. The van der Waals surface area contributed by atoms with E-state index in [2.05, 4.69) is 0 Å². The molecule has 0 saturated heterocycles. The maximum atomic E-state index is 12.3. The summed E-state index contributed by atoms with van der Waals surface area (Å²) in [6, 6.07) is 17.0. The van der Waals surface area contributed by atoms with E-state index in [0.29, 0.717) is 5.56 Å². The molecular formula is C22H26N2O6.